The molecule has 1 N–H and O–H groups in total. The Labute approximate surface area is 144 Å². The molecule has 0 saturated heterocycles. The average molecular weight is 334 g/mol. The summed E-state index contributed by atoms with van der Waals surface area (Å²) in [6, 6.07) is 10.6. The molecule has 3 heterocycles. The predicted octanol–water partition coefficient (Wildman–Crippen LogP) is 3.27. The van der Waals surface area contributed by atoms with E-state index in [4.69, 9.17) is 4.42 Å². The van der Waals surface area contributed by atoms with Gasteiger partial charge in [0.15, 0.2) is 5.65 Å². The van der Waals surface area contributed by atoms with Gasteiger partial charge in [-0.15, -0.1) is 5.10 Å². The first-order chi connectivity index (χ1) is 12.3. The second-order valence-electron chi connectivity index (χ2n) is 5.72. The van der Waals surface area contributed by atoms with Gasteiger partial charge >= 0.3 is 6.01 Å². The monoisotopic (exact) mass is 334 g/mol. The molecule has 25 heavy (non-hydrogen) atoms. The zero-order chi connectivity index (χ0) is 17.1. The number of rotatable bonds is 6. The molecule has 0 spiro atoms. The SMILES string of the molecule is CC[C@H](c1ccccc1)c1nnc(NCc2cnc3cnccn23)o1. The minimum Gasteiger partial charge on any atom is -0.407 e. The van der Waals surface area contributed by atoms with Crippen LogP contribution in [0.25, 0.3) is 5.65 Å². The van der Waals surface area contributed by atoms with Crippen molar-refractivity contribution in [3.63, 3.8) is 0 Å². The van der Waals surface area contributed by atoms with E-state index in [2.05, 4.69) is 44.5 Å². The van der Waals surface area contributed by atoms with Gasteiger partial charge in [0.25, 0.3) is 0 Å². The number of nitrogens with one attached hydrogen (secondary N) is 1. The Bertz CT molecular complexity index is 962. The molecule has 0 aliphatic carbocycles. The van der Waals surface area contributed by atoms with E-state index in [1.165, 1.54) is 5.56 Å². The van der Waals surface area contributed by atoms with Crippen molar-refractivity contribution in [3.8, 4) is 0 Å². The normalized spacial score (nSPS) is 12.4. The lowest BCUT2D eigenvalue weighted by Crippen LogP contribution is -2.02. The Morgan fingerprint density at radius 3 is 2.88 bits per heavy atom. The third-order valence-corrected chi connectivity index (χ3v) is 4.16. The molecule has 0 aliphatic rings. The maximum Gasteiger partial charge on any atom is 0.315 e. The van der Waals surface area contributed by atoms with E-state index < -0.39 is 0 Å². The number of fused-ring (bicyclic) bond motifs is 1. The van der Waals surface area contributed by atoms with Gasteiger partial charge in [-0.3, -0.25) is 9.38 Å². The van der Waals surface area contributed by atoms with E-state index in [1.54, 1.807) is 18.6 Å². The van der Waals surface area contributed by atoms with Crippen LogP contribution in [0, 0.1) is 0 Å². The van der Waals surface area contributed by atoms with Gasteiger partial charge in [-0.05, 0) is 12.0 Å². The molecule has 0 saturated carbocycles. The standard InChI is InChI=1S/C18H18N6O/c1-2-15(13-6-4-3-5-7-13)17-22-23-18(25-17)21-11-14-10-20-16-12-19-8-9-24(14)16/h3-10,12,15H,2,11H2,1H3,(H,21,23)/t15-/m1/s1. The highest BCUT2D eigenvalue weighted by Crippen LogP contribution is 2.27. The summed E-state index contributed by atoms with van der Waals surface area (Å²) in [5, 5.41) is 11.5. The number of nitrogens with zero attached hydrogens (tertiary/aromatic N) is 5. The molecule has 126 valence electrons. The summed E-state index contributed by atoms with van der Waals surface area (Å²) in [5.41, 5.74) is 2.97. The lowest BCUT2D eigenvalue weighted by molar-refractivity contribution is 0.473. The van der Waals surface area contributed by atoms with Crippen molar-refractivity contribution < 1.29 is 4.42 Å². The molecule has 4 rings (SSSR count). The molecule has 4 aromatic rings. The first-order valence-corrected chi connectivity index (χ1v) is 8.23. The Balaban J connectivity index is 1.49. The van der Waals surface area contributed by atoms with Gasteiger partial charge < -0.3 is 9.73 Å². The number of hydrogen-bond acceptors (Lipinski definition) is 6. The van der Waals surface area contributed by atoms with Crippen molar-refractivity contribution >= 4 is 11.7 Å². The molecule has 0 aliphatic heterocycles. The smallest absolute Gasteiger partial charge is 0.315 e. The van der Waals surface area contributed by atoms with Crippen molar-refractivity contribution in [2.24, 2.45) is 0 Å². The number of imidazole rings is 1. The van der Waals surface area contributed by atoms with Crippen LogP contribution in [0.2, 0.25) is 0 Å². The van der Waals surface area contributed by atoms with E-state index in [0.717, 1.165) is 17.8 Å². The molecule has 0 radical (unpaired) electrons. The molecule has 1 aromatic carbocycles. The molecule has 0 bridgehead atoms. The fraction of sp³-hybridized carbons (Fsp3) is 0.222. The minimum atomic E-state index is 0.103. The molecule has 7 nitrogen and oxygen atoms in total. The molecule has 7 heteroatoms. The highest BCUT2D eigenvalue weighted by Gasteiger charge is 2.19. The number of benzene rings is 1. The van der Waals surface area contributed by atoms with E-state index >= 15 is 0 Å². The van der Waals surface area contributed by atoms with Crippen LogP contribution in [-0.2, 0) is 6.54 Å². The molecule has 3 aromatic heterocycles. The third kappa shape index (κ3) is 3.08. The summed E-state index contributed by atoms with van der Waals surface area (Å²) in [6.07, 6.45) is 8.03. The highest BCUT2D eigenvalue weighted by atomic mass is 16.4. The molecular weight excluding hydrogens is 316 g/mol. The van der Waals surface area contributed by atoms with E-state index in [0.29, 0.717) is 18.5 Å². The zero-order valence-corrected chi connectivity index (χ0v) is 13.8. The van der Waals surface area contributed by atoms with Crippen LogP contribution in [0.1, 0.15) is 36.4 Å². The van der Waals surface area contributed by atoms with Crippen LogP contribution in [0.3, 0.4) is 0 Å². The summed E-state index contributed by atoms with van der Waals surface area (Å²) in [7, 11) is 0. The number of aromatic nitrogens is 5. The van der Waals surface area contributed by atoms with Gasteiger partial charge in [0.1, 0.15) is 0 Å². The van der Waals surface area contributed by atoms with Gasteiger partial charge in [0, 0.05) is 12.4 Å². The minimum absolute atomic E-state index is 0.103. The maximum atomic E-state index is 5.83. The third-order valence-electron chi connectivity index (χ3n) is 4.16. The van der Waals surface area contributed by atoms with Crippen LogP contribution < -0.4 is 5.32 Å². The zero-order valence-electron chi connectivity index (χ0n) is 13.8. The van der Waals surface area contributed by atoms with Gasteiger partial charge in [-0.25, -0.2) is 4.98 Å². The fourth-order valence-electron chi connectivity index (χ4n) is 2.88. The summed E-state index contributed by atoms with van der Waals surface area (Å²) >= 11 is 0. The van der Waals surface area contributed by atoms with Crippen molar-refractivity contribution in [3.05, 3.63) is 72.3 Å². The Hall–Kier alpha value is -3.22. The Kier molecular flexibility index (Phi) is 4.12. The number of anilines is 1. The molecule has 1 atom stereocenters. The second-order valence-corrected chi connectivity index (χ2v) is 5.72. The largest absolute Gasteiger partial charge is 0.407 e. The van der Waals surface area contributed by atoms with Gasteiger partial charge in [-0.2, -0.15) is 0 Å². The lowest BCUT2D eigenvalue weighted by atomic mass is 9.97. The van der Waals surface area contributed by atoms with E-state index in [1.807, 2.05) is 28.8 Å². The van der Waals surface area contributed by atoms with Gasteiger partial charge in [0.2, 0.25) is 5.89 Å². The van der Waals surface area contributed by atoms with Gasteiger partial charge in [0.05, 0.1) is 30.6 Å². The predicted molar refractivity (Wildman–Crippen MR) is 93.2 cm³/mol. The molecule has 0 amide bonds. The average Bonchev–Trinajstić information content (AvgIpc) is 3.29. The van der Waals surface area contributed by atoms with Gasteiger partial charge in [-0.1, -0.05) is 42.4 Å². The summed E-state index contributed by atoms with van der Waals surface area (Å²) in [5.74, 6) is 0.727. The fourth-order valence-corrected chi connectivity index (χ4v) is 2.88. The van der Waals surface area contributed by atoms with Crippen LogP contribution in [0.15, 0.2) is 59.5 Å². The lowest BCUT2D eigenvalue weighted by Gasteiger charge is -2.10. The topological polar surface area (TPSA) is 81.1 Å². The Morgan fingerprint density at radius 2 is 2.04 bits per heavy atom. The second kappa shape index (κ2) is 6.72. The van der Waals surface area contributed by atoms with Crippen molar-refractivity contribution in [1.82, 2.24) is 24.6 Å². The maximum absolute atomic E-state index is 5.83. The molecule has 0 fully saturated rings. The van der Waals surface area contributed by atoms with E-state index in [-0.39, 0.29) is 5.92 Å². The van der Waals surface area contributed by atoms with Crippen molar-refractivity contribution in [2.75, 3.05) is 5.32 Å². The Morgan fingerprint density at radius 1 is 1.16 bits per heavy atom. The molecule has 0 unspecified atom stereocenters. The summed E-state index contributed by atoms with van der Waals surface area (Å²) in [4.78, 5) is 8.37. The quantitative estimate of drug-likeness (QED) is 0.583. The van der Waals surface area contributed by atoms with Crippen LogP contribution in [0.4, 0.5) is 6.01 Å². The number of hydrogen-bond donors (Lipinski definition) is 1. The first-order valence-electron chi connectivity index (χ1n) is 8.23. The first kappa shape index (κ1) is 15.3. The summed E-state index contributed by atoms with van der Waals surface area (Å²) in [6.45, 7) is 2.65. The summed E-state index contributed by atoms with van der Waals surface area (Å²) < 4.78 is 7.79. The van der Waals surface area contributed by atoms with Crippen LogP contribution in [0.5, 0.6) is 0 Å². The van der Waals surface area contributed by atoms with Crippen molar-refractivity contribution in [1.29, 1.82) is 0 Å². The van der Waals surface area contributed by atoms with Crippen molar-refractivity contribution in [2.45, 2.75) is 25.8 Å². The highest BCUT2D eigenvalue weighted by molar-refractivity contribution is 5.37. The van der Waals surface area contributed by atoms with Crippen LogP contribution >= 0.6 is 0 Å². The molecular formula is C18H18N6O. The van der Waals surface area contributed by atoms with Crippen LogP contribution in [-0.4, -0.2) is 24.6 Å². The van der Waals surface area contributed by atoms with E-state index in [9.17, 15) is 0 Å².